The number of carbonyl (C=O) groups is 3. The summed E-state index contributed by atoms with van der Waals surface area (Å²) in [5.74, 6) is -0.914. The Kier molecular flexibility index (Phi) is 4.80. The largest absolute Gasteiger partial charge is 0.397 e. The standard InChI is InChI=1S/C13H16N4O3.ClH/c1-13(2)11(19)17(12(20)16-13)7-10(18)15-9-6-4-3-5-8(9)14;/h3-6H,7,14H2,1-2H3,(H,15,18)(H,16,20);1H. The molecule has 1 aromatic rings. The van der Waals surface area contributed by atoms with Crippen molar-refractivity contribution in [2.75, 3.05) is 17.6 Å². The molecule has 0 radical (unpaired) electrons. The minimum Gasteiger partial charge on any atom is -0.397 e. The molecule has 2 rings (SSSR count). The fourth-order valence-corrected chi connectivity index (χ4v) is 1.91. The van der Waals surface area contributed by atoms with Crippen LogP contribution in [0.4, 0.5) is 16.2 Å². The predicted octanol–water partition coefficient (Wildman–Crippen LogP) is 0.959. The number of imide groups is 1. The highest BCUT2D eigenvalue weighted by Gasteiger charge is 2.44. The molecule has 1 fully saturated rings. The van der Waals surface area contributed by atoms with Crippen LogP contribution in [0.3, 0.4) is 0 Å². The van der Waals surface area contributed by atoms with E-state index in [0.717, 1.165) is 4.90 Å². The van der Waals surface area contributed by atoms with E-state index in [1.807, 2.05) is 0 Å². The normalized spacial score (nSPS) is 16.2. The zero-order valence-corrected chi connectivity index (χ0v) is 12.5. The highest BCUT2D eigenvalue weighted by Crippen LogP contribution is 2.18. The van der Waals surface area contributed by atoms with Crippen LogP contribution < -0.4 is 16.4 Å². The number of amides is 4. The van der Waals surface area contributed by atoms with Gasteiger partial charge in [0.05, 0.1) is 11.4 Å². The van der Waals surface area contributed by atoms with Crippen molar-refractivity contribution in [3.05, 3.63) is 24.3 Å². The fourth-order valence-electron chi connectivity index (χ4n) is 1.91. The summed E-state index contributed by atoms with van der Waals surface area (Å²) in [5, 5.41) is 5.07. The summed E-state index contributed by atoms with van der Waals surface area (Å²) >= 11 is 0. The van der Waals surface area contributed by atoms with E-state index >= 15 is 0 Å². The topological polar surface area (TPSA) is 105 Å². The SMILES string of the molecule is CC1(C)NC(=O)N(CC(=O)Nc2ccccc2N)C1=O.Cl. The van der Waals surface area contributed by atoms with Gasteiger partial charge in [0.15, 0.2) is 0 Å². The van der Waals surface area contributed by atoms with Crippen LogP contribution in [0.5, 0.6) is 0 Å². The summed E-state index contributed by atoms with van der Waals surface area (Å²) in [6.45, 7) is 2.82. The molecule has 0 spiro atoms. The number of nitrogens with zero attached hydrogens (tertiary/aromatic N) is 1. The number of benzene rings is 1. The minimum atomic E-state index is -0.983. The average molecular weight is 313 g/mol. The first-order chi connectivity index (χ1) is 9.31. The smallest absolute Gasteiger partial charge is 0.325 e. The van der Waals surface area contributed by atoms with Crippen LogP contribution in [-0.2, 0) is 9.59 Å². The zero-order chi connectivity index (χ0) is 14.9. The summed E-state index contributed by atoms with van der Waals surface area (Å²) in [6.07, 6.45) is 0. The number of nitrogens with one attached hydrogen (secondary N) is 2. The molecule has 0 atom stereocenters. The molecular formula is C13H17ClN4O3. The molecule has 0 unspecified atom stereocenters. The lowest BCUT2D eigenvalue weighted by Gasteiger charge is -2.16. The Labute approximate surface area is 128 Å². The van der Waals surface area contributed by atoms with E-state index in [1.54, 1.807) is 38.1 Å². The Bertz CT molecular complexity index is 589. The third-order valence-electron chi connectivity index (χ3n) is 2.98. The lowest BCUT2D eigenvalue weighted by molar-refractivity contribution is -0.132. The number of anilines is 2. The Morgan fingerprint density at radius 1 is 1.33 bits per heavy atom. The molecule has 0 aromatic heterocycles. The van der Waals surface area contributed by atoms with Crippen LogP contribution >= 0.6 is 12.4 Å². The van der Waals surface area contributed by atoms with E-state index in [1.165, 1.54) is 0 Å². The molecule has 114 valence electrons. The van der Waals surface area contributed by atoms with Gasteiger partial charge in [-0.05, 0) is 26.0 Å². The average Bonchev–Trinajstić information content (AvgIpc) is 2.55. The number of nitrogens with two attached hydrogens (primary N) is 1. The molecule has 4 amide bonds. The highest BCUT2D eigenvalue weighted by atomic mass is 35.5. The van der Waals surface area contributed by atoms with Crippen LogP contribution in [0.2, 0.25) is 0 Å². The van der Waals surface area contributed by atoms with Gasteiger partial charge in [0, 0.05) is 0 Å². The molecular weight excluding hydrogens is 296 g/mol. The number of rotatable bonds is 3. The first-order valence-corrected chi connectivity index (χ1v) is 6.10. The van der Waals surface area contributed by atoms with Gasteiger partial charge < -0.3 is 16.4 Å². The zero-order valence-electron chi connectivity index (χ0n) is 11.7. The molecule has 1 aliphatic heterocycles. The third-order valence-corrected chi connectivity index (χ3v) is 2.98. The lowest BCUT2D eigenvalue weighted by atomic mass is 10.1. The fraction of sp³-hybridized carbons (Fsp3) is 0.308. The number of carbonyl (C=O) groups excluding carboxylic acids is 3. The summed E-state index contributed by atoms with van der Waals surface area (Å²) in [5.41, 5.74) is 5.58. The summed E-state index contributed by atoms with van der Waals surface area (Å²) in [4.78, 5) is 36.3. The quantitative estimate of drug-likeness (QED) is 0.571. The maximum atomic E-state index is 11.9. The van der Waals surface area contributed by atoms with Gasteiger partial charge in [0.2, 0.25) is 5.91 Å². The Hall–Kier alpha value is -2.28. The van der Waals surface area contributed by atoms with Crippen molar-refractivity contribution in [2.24, 2.45) is 0 Å². The number of para-hydroxylation sites is 2. The molecule has 7 nitrogen and oxygen atoms in total. The Morgan fingerprint density at radius 2 is 1.95 bits per heavy atom. The number of nitrogen functional groups attached to an aromatic ring is 1. The number of halogens is 1. The first kappa shape index (κ1) is 16.8. The maximum Gasteiger partial charge on any atom is 0.325 e. The summed E-state index contributed by atoms with van der Waals surface area (Å²) in [7, 11) is 0. The van der Waals surface area contributed by atoms with Gasteiger partial charge in [0.1, 0.15) is 12.1 Å². The van der Waals surface area contributed by atoms with Crippen LogP contribution in [0.15, 0.2) is 24.3 Å². The van der Waals surface area contributed by atoms with E-state index in [0.29, 0.717) is 11.4 Å². The van der Waals surface area contributed by atoms with Gasteiger partial charge in [-0.15, -0.1) is 12.4 Å². The second kappa shape index (κ2) is 6.01. The second-order valence-electron chi connectivity index (χ2n) is 5.08. The molecule has 4 N–H and O–H groups in total. The van der Waals surface area contributed by atoms with Crippen LogP contribution in [0, 0.1) is 0 Å². The number of hydrogen-bond acceptors (Lipinski definition) is 4. The molecule has 21 heavy (non-hydrogen) atoms. The first-order valence-electron chi connectivity index (χ1n) is 6.10. The minimum absolute atomic E-state index is 0. The van der Waals surface area contributed by atoms with Crippen LogP contribution in [0.25, 0.3) is 0 Å². The monoisotopic (exact) mass is 312 g/mol. The van der Waals surface area contributed by atoms with Gasteiger partial charge in [0.25, 0.3) is 5.91 Å². The summed E-state index contributed by atoms with van der Waals surface area (Å²) in [6, 6.07) is 6.18. The molecule has 1 aromatic carbocycles. The van der Waals surface area contributed by atoms with Gasteiger partial charge in [-0.1, -0.05) is 12.1 Å². The molecule has 1 heterocycles. The lowest BCUT2D eigenvalue weighted by Crippen LogP contribution is -2.41. The Balaban J connectivity index is 0.00000220. The molecule has 0 saturated carbocycles. The van der Waals surface area contributed by atoms with E-state index in [2.05, 4.69) is 10.6 Å². The van der Waals surface area contributed by atoms with E-state index < -0.39 is 23.4 Å². The van der Waals surface area contributed by atoms with Crippen molar-refractivity contribution in [2.45, 2.75) is 19.4 Å². The molecule has 8 heteroatoms. The highest BCUT2D eigenvalue weighted by molar-refractivity contribution is 6.09. The van der Waals surface area contributed by atoms with Crippen LogP contribution in [-0.4, -0.2) is 34.8 Å². The van der Waals surface area contributed by atoms with Crippen molar-refractivity contribution >= 4 is 41.6 Å². The van der Waals surface area contributed by atoms with Crippen molar-refractivity contribution in [3.8, 4) is 0 Å². The van der Waals surface area contributed by atoms with Crippen LogP contribution in [0.1, 0.15) is 13.8 Å². The van der Waals surface area contributed by atoms with Crippen molar-refractivity contribution in [1.29, 1.82) is 0 Å². The van der Waals surface area contributed by atoms with Gasteiger partial charge in [-0.3, -0.25) is 14.5 Å². The summed E-state index contributed by atoms with van der Waals surface area (Å²) < 4.78 is 0. The van der Waals surface area contributed by atoms with E-state index in [-0.39, 0.29) is 19.0 Å². The van der Waals surface area contributed by atoms with Crippen molar-refractivity contribution in [3.63, 3.8) is 0 Å². The van der Waals surface area contributed by atoms with E-state index in [9.17, 15) is 14.4 Å². The Morgan fingerprint density at radius 3 is 2.48 bits per heavy atom. The second-order valence-corrected chi connectivity index (χ2v) is 5.08. The predicted molar refractivity (Wildman–Crippen MR) is 81.1 cm³/mol. The van der Waals surface area contributed by atoms with Crippen molar-refractivity contribution in [1.82, 2.24) is 10.2 Å². The number of urea groups is 1. The maximum absolute atomic E-state index is 11.9. The van der Waals surface area contributed by atoms with Gasteiger partial charge in [-0.2, -0.15) is 0 Å². The molecule has 1 saturated heterocycles. The number of hydrogen-bond donors (Lipinski definition) is 3. The van der Waals surface area contributed by atoms with E-state index in [4.69, 9.17) is 5.73 Å². The third kappa shape index (κ3) is 3.43. The van der Waals surface area contributed by atoms with Gasteiger partial charge in [-0.25, -0.2) is 4.79 Å². The molecule has 0 bridgehead atoms. The molecule has 1 aliphatic rings. The molecule has 0 aliphatic carbocycles. The van der Waals surface area contributed by atoms with Gasteiger partial charge >= 0.3 is 6.03 Å². The van der Waals surface area contributed by atoms with Crippen molar-refractivity contribution < 1.29 is 14.4 Å².